The van der Waals surface area contributed by atoms with Gasteiger partial charge in [0.15, 0.2) is 0 Å². The Morgan fingerprint density at radius 2 is 1.92 bits per heavy atom. The number of nitrogens with zero attached hydrogens (tertiary/aromatic N) is 4. The summed E-state index contributed by atoms with van der Waals surface area (Å²) in [5, 5.41) is 4.28. The zero-order chi connectivity index (χ0) is 16.4. The van der Waals surface area contributed by atoms with Crippen LogP contribution in [-0.2, 0) is 11.3 Å². The minimum atomic E-state index is 0.605. The molecule has 5 nitrogen and oxygen atoms in total. The number of likely N-dealkylation sites (tertiary alicyclic amines) is 1. The number of benzene rings is 1. The monoisotopic (exact) mass is 326 g/mol. The highest BCUT2D eigenvalue weighted by molar-refractivity contribution is 5.33. The Morgan fingerprint density at radius 1 is 1.12 bits per heavy atom. The van der Waals surface area contributed by atoms with E-state index >= 15 is 0 Å². The molecular weight excluding hydrogens is 300 g/mol. The minimum absolute atomic E-state index is 0.605. The summed E-state index contributed by atoms with van der Waals surface area (Å²) < 4.78 is 7.40. The highest BCUT2D eigenvalue weighted by atomic mass is 16.5. The van der Waals surface area contributed by atoms with Crippen LogP contribution in [0.15, 0.2) is 42.7 Å². The van der Waals surface area contributed by atoms with E-state index in [1.165, 1.54) is 18.5 Å². The summed E-state index contributed by atoms with van der Waals surface area (Å²) >= 11 is 0. The Hall–Kier alpha value is -1.69. The van der Waals surface area contributed by atoms with E-state index in [1.807, 2.05) is 23.1 Å². The van der Waals surface area contributed by atoms with E-state index in [9.17, 15) is 0 Å². The molecule has 2 atom stereocenters. The maximum absolute atomic E-state index is 5.50. The fraction of sp³-hybridized carbons (Fsp3) is 0.526. The fourth-order valence-corrected chi connectivity index (χ4v) is 4.02. The van der Waals surface area contributed by atoms with Gasteiger partial charge in [-0.15, -0.1) is 0 Å². The van der Waals surface area contributed by atoms with Crippen molar-refractivity contribution in [2.45, 2.75) is 32.0 Å². The molecule has 3 heterocycles. The van der Waals surface area contributed by atoms with E-state index in [1.54, 1.807) is 0 Å². The SMILES string of the molecule is C[C@@H]1[C@H](N2CCOCC2)CCN1Cc1ccc(-n2cccn2)cc1. The first-order valence-corrected chi connectivity index (χ1v) is 8.96. The van der Waals surface area contributed by atoms with Crippen molar-refractivity contribution in [1.29, 1.82) is 0 Å². The molecule has 2 saturated heterocycles. The smallest absolute Gasteiger partial charge is 0.0645 e. The summed E-state index contributed by atoms with van der Waals surface area (Å²) in [6.07, 6.45) is 5.06. The molecular formula is C19H26N4O. The van der Waals surface area contributed by atoms with Gasteiger partial charge in [-0.1, -0.05) is 12.1 Å². The summed E-state index contributed by atoms with van der Waals surface area (Å²) in [5.74, 6) is 0. The number of morpholine rings is 1. The molecule has 2 fully saturated rings. The Kier molecular flexibility index (Phi) is 4.65. The molecule has 0 unspecified atom stereocenters. The van der Waals surface area contributed by atoms with Crippen LogP contribution in [0.4, 0.5) is 0 Å². The molecule has 5 heteroatoms. The molecule has 0 radical (unpaired) electrons. The van der Waals surface area contributed by atoms with Gasteiger partial charge in [0, 0.05) is 50.7 Å². The third-order valence-corrected chi connectivity index (χ3v) is 5.45. The maximum atomic E-state index is 5.50. The van der Waals surface area contributed by atoms with Crippen LogP contribution in [0.3, 0.4) is 0 Å². The lowest BCUT2D eigenvalue weighted by Gasteiger charge is -2.36. The Labute approximate surface area is 143 Å². The fourth-order valence-electron chi connectivity index (χ4n) is 4.02. The van der Waals surface area contributed by atoms with Crippen molar-refractivity contribution in [3.63, 3.8) is 0 Å². The highest BCUT2D eigenvalue weighted by Gasteiger charge is 2.35. The summed E-state index contributed by atoms with van der Waals surface area (Å²) in [5.41, 5.74) is 2.49. The molecule has 1 aromatic heterocycles. The van der Waals surface area contributed by atoms with E-state index in [2.05, 4.69) is 46.1 Å². The minimum Gasteiger partial charge on any atom is -0.379 e. The average molecular weight is 326 g/mol. The number of hydrogen-bond donors (Lipinski definition) is 0. The van der Waals surface area contributed by atoms with Gasteiger partial charge in [-0.05, 0) is 37.1 Å². The van der Waals surface area contributed by atoms with Crippen LogP contribution in [0.2, 0.25) is 0 Å². The zero-order valence-corrected chi connectivity index (χ0v) is 14.3. The second-order valence-electron chi connectivity index (χ2n) is 6.83. The van der Waals surface area contributed by atoms with Crippen LogP contribution >= 0.6 is 0 Å². The second-order valence-corrected chi connectivity index (χ2v) is 6.83. The number of hydrogen-bond acceptors (Lipinski definition) is 4. The summed E-state index contributed by atoms with van der Waals surface area (Å²) in [7, 11) is 0. The molecule has 2 aliphatic heterocycles. The molecule has 128 valence electrons. The van der Waals surface area contributed by atoms with Crippen molar-refractivity contribution in [2.75, 3.05) is 32.8 Å². The van der Waals surface area contributed by atoms with Gasteiger partial charge in [0.05, 0.1) is 18.9 Å². The van der Waals surface area contributed by atoms with Crippen LogP contribution in [0, 0.1) is 0 Å². The molecule has 0 N–H and O–H groups in total. The third-order valence-electron chi connectivity index (χ3n) is 5.45. The van der Waals surface area contributed by atoms with E-state index in [4.69, 9.17) is 4.74 Å². The first kappa shape index (κ1) is 15.8. The van der Waals surface area contributed by atoms with E-state index in [0.717, 1.165) is 38.5 Å². The van der Waals surface area contributed by atoms with Crippen LogP contribution in [0.25, 0.3) is 5.69 Å². The number of rotatable bonds is 4. The van der Waals surface area contributed by atoms with Crippen LogP contribution in [0.5, 0.6) is 0 Å². The van der Waals surface area contributed by atoms with Gasteiger partial charge < -0.3 is 4.74 Å². The van der Waals surface area contributed by atoms with Gasteiger partial charge in [0.25, 0.3) is 0 Å². The lowest BCUT2D eigenvalue weighted by atomic mass is 10.1. The van der Waals surface area contributed by atoms with Gasteiger partial charge in [0.2, 0.25) is 0 Å². The molecule has 4 rings (SSSR count). The normalized spacial score (nSPS) is 26.0. The second kappa shape index (κ2) is 7.05. The number of aromatic nitrogens is 2. The molecule has 0 amide bonds. The maximum Gasteiger partial charge on any atom is 0.0645 e. The quantitative estimate of drug-likeness (QED) is 0.862. The predicted molar refractivity (Wildman–Crippen MR) is 94.2 cm³/mol. The molecule has 2 aliphatic rings. The van der Waals surface area contributed by atoms with Crippen molar-refractivity contribution in [3.05, 3.63) is 48.3 Å². The molecule has 0 spiro atoms. The Balaban J connectivity index is 1.38. The summed E-state index contributed by atoms with van der Waals surface area (Å²) in [6, 6.07) is 12.0. The molecule has 0 aliphatic carbocycles. The lowest BCUT2D eigenvalue weighted by molar-refractivity contribution is 0.00984. The lowest BCUT2D eigenvalue weighted by Crippen LogP contribution is -2.48. The van der Waals surface area contributed by atoms with Crippen LogP contribution in [0.1, 0.15) is 18.9 Å². The van der Waals surface area contributed by atoms with Gasteiger partial charge in [0.1, 0.15) is 0 Å². The van der Waals surface area contributed by atoms with E-state index in [0.29, 0.717) is 12.1 Å². The molecule has 24 heavy (non-hydrogen) atoms. The van der Waals surface area contributed by atoms with Gasteiger partial charge in [-0.2, -0.15) is 5.10 Å². The van der Waals surface area contributed by atoms with Gasteiger partial charge in [-0.25, -0.2) is 4.68 Å². The summed E-state index contributed by atoms with van der Waals surface area (Å²) in [6.45, 7) is 8.54. The van der Waals surface area contributed by atoms with E-state index < -0.39 is 0 Å². The first-order chi connectivity index (χ1) is 11.8. The topological polar surface area (TPSA) is 33.5 Å². The number of ether oxygens (including phenoxy) is 1. The average Bonchev–Trinajstić information content (AvgIpc) is 3.28. The highest BCUT2D eigenvalue weighted by Crippen LogP contribution is 2.25. The predicted octanol–water partition coefficient (Wildman–Crippen LogP) is 2.17. The van der Waals surface area contributed by atoms with Crippen molar-refractivity contribution in [3.8, 4) is 5.69 Å². The third kappa shape index (κ3) is 3.24. The molecule has 2 aromatic rings. The van der Waals surface area contributed by atoms with E-state index in [-0.39, 0.29) is 0 Å². The molecule has 1 aromatic carbocycles. The molecule has 0 saturated carbocycles. The molecule has 0 bridgehead atoms. The zero-order valence-electron chi connectivity index (χ0n) is 14.3. The van der Waals surface area contributed by atoms with Crippen molar-refractivity contribution >= 4 is 0 Å². The summed E-state index contributed by atoms with van der Waals surface area (Å²) in [4.78, 5) is 5.23. The van der Waals surface area contributed by atoms with Crippen LogP contribution in [-0.4, -0.2) is 64.5 Å². The van der Waals surface area contributed by atoms with Crippen molar-refractivity contribution in [1.82, 2.24) is 19.6 Å². The standard InChI is InChI=1S/C19H26N4O/c1-16-19(21-11-13-24-14-12-21)7-10-22(16)15-17-3-5-18(6-4-17)23-9-2-8-20-23/h2-6,8-9,16,19H,7,10-15H2,1H3/t16-,19-/m1/s1. The van der Waals surface area contributed by atoms with Crippen LogP contribution < -0.4 is 0 Å². The van der Waals surface area contributed by atoms with Gasteiger partial charge in [-0.3, -0.25) is 9.80 Å². The van der Waals surface area contributed by atoms with Crippen molar-refractivity contribution in [2.24, 2.45) is 0 Å². The Morgan fingerprint density at radius 3 is 2.62 bits per heavy atom. The largest absolute Gasteiger partial charge is 0.379 e. The first-order valence-electron chi connectivity index (χ1n) is 8.96. The Bertz CT molecular complexity index is 634. The van der Waals surface area contributed by atoms with Crippen molar-refractivity contribution < 1.29 is 4.74 Å². The van der Waals surface area contributed by atoms with Gasteiger partial charge >= 0.3 is 0 Å².